The second kappa shape index (κ2) is 41.4. The maximum atomic E-state index is 4.93. The van der Waals surface area contributed by atoms with E-state index in [1.54, 1.807) is 0 Å². The predicted octanol–water partition coefficient (Wildman–Crippen LogP) is 27.1. The van der Waals surface area contributed by atoms with Crippen LogP contribution in [-0.4, -0.2) is 0 Å². The van der Waals surface area contributed by atoms with Gasteiger partial charge in [0.05, 0.1) is 0 Å². The molecule has 504 valence electrons. The average molecular weight is 1600 g/mol. The van der Waals surface area contributed by atoms with Gasteiger partial charge in [-0.15, -0.1) is 6.58 Å². The van der Waals surface area contributed by atoms with Gasteiger partial charge in [0, 0.05) is 0 Å². The fourth-order valence-electron chi connectivity index (χ4n) is 22.8. The molecule has 8 fully saturated rings. The van der Waals surface area contributed by atoms with Crippen LogP contribution in [0, 0.1) is 185 Å². The van der Waals surface area contributed by atoms with E-state index in [1.165, 1.54) is 135 Å². The van der Waals surface area contributed by atoms with Crippen molar-refractivity contribution in [3.63, 3.8) is 0 Å². The van der Waals surface area contributed by atoms with Crippen molar-refractivity contribution in [1.82, 2.24) is 0 Å². The number of halogens is 6. The predicted molar refractivity (Wildman–Crippen MR) is 401 cm³/mol. The van der Waals surface area contributed by atoms with Gasteiger partial charge < -0.3 is 44.6 Å². The van der Waals surface area contributed by atoms with Crippen molar-refractivity contribution < 1.29 is 62.5 Å². The molecule has 17 atom stereocenters. The first-order chi connectivity index (χ1) is 42.2. The van der Waals surface area contributed by atoms with Crippen molar-refractivity contribution in [3.05, 3.63) is 227 Å². The van der Waals surface area contributed by atoms with Gasteiger partial charge in [-0.2, -0.15) is 0 Å². The minimum atomic E-state index is -0.826. The molecule has 15 aliphatic carbocycles. The number of fused-ring (bicyclic) bond motifs is 10. The van der Waals surface area contributed by atoms with E-state index in [2.05, 4.69) is 197 Å². The fraction of sp³-hybridized carbons (Fsp3) is 0.566. The van der Waals surface area contributed by atoms with Gasteiger partial charge in [-0.1, -0.05) is 248 Å². The third-order valence-corrected chi connectivity index (χ3v) is 25.7. The third kappa shape index (κ3) is 18.4. The summed E-state index contributed by atoms with van der Waals surface area (Å²) < 4.78 is 0. The Morgan fingerprint density at radius 3 is 1.05 bits per heavy atom. The van der Waals surface area contributed by atoms with E-state index in [4.69, 9.17) is 51.1 Å². The van der Waals surface area contributed by atoms with Crippen LogP contribution < -0.4 is 0 Å². The van der Waals surface area contributed by atoms with Crippen LogP contribution in [0.5, 0.6) is 0 Å². The van der Waals surface area contributed by atoms with Crippen LogP contribution in [0.25, 0.3) is 0 Å². The average Bonchev–Trinajstić information content (AvgIpc) is 1.57. The van der Waals surface area contributed by atoms with Crippen molar-refractivity contribution >= 4 is 51.1 Å². The number of rotatable bonds is 9. The van der Waals surface area contributed by atoms with Crippen LogP contribution >= 0.6 is 51.1 Å². The zero-order valence-electron chi connectivity index (χ0n) is 57.7. The van der Waals surface area contributed by atoms with Crippen molar-refractivity contribution in [2.45, 2.75) is 149 Å². The molecule has 8 saturated carbocycles. The molecule has 0 heterocycles. The molecule has 0 aromatic rings. The molecule has 0 radical (unpaired) electrons. The Balaban J connectivity index is 0.000000268. The van der Waals surface area contributed by atoms with Crippen LogP contribution in [0.1, 0.15) is 149 Å². The molecule has 0 amide bonds. The summed E-state index contributed by atoms with van der Waals surface area (Å²) in [5.74, 6) is 16.6. The summed E-state index contributed by atoms with van der Waals surface area (Å²) in [7, 11) is 29.6. The van der Waals surface area contributed by atoms with Gasteiger partial charge in [0.1, 0.15) is 0 Å². The molecule has 0 aliphatic heterocycles. The van der Waals surface area contributed by atoms with Crippen molar-refractivity contribution in [1.29, 1.82) is 0 Å². The number of hydrogen-bond donors (Lipinski definition) is 0. The Morgan fingerprint density at radius 1 is 0.370 bits per heavy atom. The van der Waals surface area contributed by atoms with Crippen LogP contribution in [0.2, 0.25) is 0 Å². The first-order valence-corrected chi connectivity index (χ1v) is 53.1. The molecular weight excluding hydrogens is 1480 g/mol. The van der Waals surface area contributed by atoms with Crippen molar-refractivity contribution in [3.8, 4) is 0 Å². The summed E-state index contributed by atoms with van der Waals surface area (Å²) in [6.07, 6.45) is 101. The second-order valence-corrected chi connectivity index (χ2v) is 40.4. The van der Waals surface area contributed by atoms with E-state index in [0.717, 1.165) is 101 Å². The fourth-order valence-corrected chi connectivity index (χ4v) is 22.8. The summed E-state index contributed by atoms with van der Waals surface area (Å²) in [6.45, 7) is 9.15. The SMILES string of the molecule is C1=CC2C3C=CC=CC3C(C3(C4CCCC4)CCCCC3)C2C=C1.C=CCCC1CCC(C2(C3C4C=CC=CC4C4C=CC=CC43)CCCCC2)C1.CC(C)(C1CCC2C=CC=CC21)C1C2C=CC=CC2C2C=CC=CC21.[CH3-].[CH3-].[CH3-].[CH3-].[CH3-].[CH3-].[Cl][Zr+2][Cl].[Cl][Zr+2][Cl].[Cl][Zr+2][Cl]. The van der Waals surface area contributed by atoms with Gasteiger partial charge in [0.2, 0.25) is 0 Å². The quantitative estimate of drug-likeness (QED) is 0.159. The van der Waals surface area contributed by atoms with E-state index in [0.29, 0.717) is 39.9 Å². The standard InChI is InChI=1S/C28H38.C25H30.C24H32.6CH3.6ClH.3Zr/c1-2-3-11-21-16-17-22(20-21)28(18-9-4-10-19-28)27-25-14-7-5-12-23(25)24-13-6-8-15-26(24)27;1-25(2,23-16-15-17-9-3-4-10-18(17)23)24-21-13-7-5-11-19(21)20-12-6-8-14-22(20)24;1-8-16-24(17-9-1,18-10-2-3-11-18)23-21-14-6-4-12-19(21)20-13-5-7-15-22(20)23;;;;;;;;;;;;;;;/h2,5-8,12-15,21-27H,1,3-4,9-11,16-20H2;3-14,17-24H,15-16H2,1-2H3;4-7,12-15,18-23H,1-3,8-11,16-17H2;6*1H3;6*1H;;;/q;;;6*-1;;;;;;;3*+4/p-6. The maximum absolute atomic E-state index is 4.93. The minimum absolute atomic E-state index is 0. The molecule has 17 unspecified atom stereocenters. The molecule has 0 spiro atoms. The molecule has 15 aliphatic rings. The van der Waals surface area contributed by atoms with Crippen molar-refractivity contribution in [2.75, 3.05) is 0 Å². The monoisotopic (exact) mass is 1590 g/mol. The summed E-state index contributed by atoms with van der Waals surface area (Å²) >= 11 is -2.48. The van der Waals surface area contributed by atoms with Crippen molar-refractivity contribution in [2.24, 2.45) is 141 Å². The van der Waals surface area contributed by atoms with Crippen LogP contribution in [-0.2, 0) is 62.5 Å². The number of allylic oxidation sites excluding steroid dienone is 29. The third-order valence-electron chi connectivity index (χ3n) is 25.7. The van der Waals surface area contributed by atoms with E-state index in [-0.39, 0.29) is 44.6 Å². The Morgan fingerprint density at radius 2 is 0.685 bits per heavy atom. The van der Waals surface area contributed by atoms with E-state index in [1.807, 2.05) is 0 Å². The van der Waals surface area contributed by atoms with Crippen LogP contribution in [0.3, 0.4) is 0 Å². The molecule has 15 rings (SSSR count). The van der Waals surface area contributed by atoms with Gasteiger partial charge in [-0.3, -0.25) is 0 Å². The molecule has 0 saturated heterocycles. The number of hydrogen-bond acceptors (Lipinski definition) is 0. The van der Waals surface area contributed by atoms with Gasteiger partial charge in [0.15, 0.2) is 0 Å². The van der Waals surface area contributed by atoms with Gasteiger partial charge >= 0.3 is 114 Å². The summed E-state index contributed by atoms with van der Waals surface area (Å²) in [6, 6.07) is 0. The summed E-state index contributed by atoms with van der Waals surface area (Å²) in [5, 5.41) is 0. The Hall–Kier alpha value is 0.489. The zero-order chi connectivity index (χ0) is 60.1. The normalized spacial score (nSPS) is 37.3. The van der Waals surface area contributed by atoms with E-state index >= 15 is 0 Å². The molecule has 0 nitrogen and oxygen atoms in total. The van der Waals surface area contributed by atoms with Gasteiger partial charge in [0.25, 0.3) is 0 Å². The molecule has 9 heteroatoms. The summed E-state index contributed by atoms with van der Waals surface area (Å²) in [4.78, 5) is 0. The molecule has 0 aromatic carbocycles. The first-order valence-electron chi connectivity index (χ1n) is 34.1. The molecule has 0 N–H and O–H groups in total. The first kappa shape index (κ1) is 84.9. The Kier molecular flexibility index (Phi) is 38.2. The van der Waals surface area contributed by atoms with E-state index in [9.17, 15) is 0 Å². The molecule has 0 aromatic heterocycles. The second-order valence-electron chi connectivity index (χ2n) is 29.2. The topological polar surface area (TPSA) is 0 Å². The zero-order valence-corrected chi connectivity index (χ0v) is 69.6. The molecule has 0 bridgehead atoms. The summed E-state index contributed by atoms with van der Waals surface area (Å²) in [5.41, 5.74) is 1.60. The van der Waals surface area contributed by atoms with Gasteiger partial charge in [-0.05, 0) is 218 Å². The van der Waals surface area contributed by atoms with Crippen LogP contribution in [0.4, 0.5) is 0 Å². The molecular formula is C83H118Cl6Zr3. The van der Waals surface area contributed by atoms with E-state index < -0.39 is 62.5 Å². The van der Waals surface area contributed by atoms with Crippen LogP contribution in [0.15, 0.2) is 183 Å². The Bertz CT molecular complexity index is 2520. The molecule has 92 heavy (non-hydrogen) atoms. The van der Waals surface area contributed by atoms with Gasteiger partial charge in [-0.25, -0.2) is 0 Å². The Labute approximate surface area is 623 Å².